The van der Waals surface area contributed by atoms with Crippen molar-refractivity contribution in [1.29, 1.82) is 0 Å². The lowest BCUT2D eigenvalue weighted by molar-refractivity contribution is -0.135. The van der Waals surface area contributed by atoms with Crippen LogP contribution in [-0.4, -0.2) is 40.4 Å². The molecule has 0 bridgehead atoms. The topological polar surface area (TPSA) is 124 Å². The van der Waals surface area contributed by atoms with Gasteiger partial charge in [-0.2, -0.15) is 23.1 Å². The van der Waals surface area contributed by atoms with Gasteiger partial charge in [0.05, 0.1) is 0 Å². The van der Waals surface area contributed by atoms with Crippen LogP contribution in [-0.2, 0) is 19.5 Å². The van der Waals surface area contributed by atoms with Gasteiger partial charge in [0.1, 0.15) is 5.69 Å². The molecule has 4 aromatic heterocycles. The Balaban J connectivity index is 1.46. The number of aromatic nitrogens is 7. The SMILES string of the molecule is O=c1c2[nH]c(Cl)nc2n(CCCC(F)(F)F)c(=O)n1CCCCc1nc(-c2ccccn2)no1. The van der Waals surface area contributed by atoms with E-state index in [4.69, 9.17) is 16.1 Å². The third kappa shape index (κ3) is 5.35. The van der Waals surface area contributed by atoms with Gasteiger partial charge in [-0.05, 0) is 43.0 Å². The first-order valence-electron chi connectivity index (χ1n) is 10.4. The lowest BCUT2D eigenvalue weighted by atomic mass is 10.2. The second-order valence-electron chi connectivity index (χ2n) is 7.52. The Kier molecular flexibility index (Phi) is 6.82. The third-order valence-corrected chi connectivity index (χ3v) is 5.24. The molecule has 180 valence electrons. The molecule has 0 atom stereocenters. The van der Waals surface area contributed by atoms with E-state index < -0.39 is 23.8 Å². The smallest absolute Gasteiger partial charge is 0.339 e. The Morgan fingerprint density at radius 3 is 2.59 bits per heavy atom. The minimum atomic E-state index is -4.36. The molecule has 0 unspecified atom stereocenters. The Morgan fingerprint density at radius 1 is 1.06 bits per heavy atom. The molecule has 0 aromatic carbocycles. The maximum absolute atomic E-state index is 12.9. The molecule has 0 amide bonds. The predicted octanol–water partition coefficient (Wildman–Crippen LogP) is 3.35. The predicted molar refractivity (Wildman–Crippen MR) is 115 cm³/mol. The van der Waals surface area contributed by atoms with Gasteiger partial charge < -0.3 is 9.51 Å². The summed E-state index contributed by atoms with van der Waals surface area (Å²) in [7, 11) is 0. The van der Waals surface area contributed by atoms with Crippen LogP contribution in [0.4, 0.5) is 13.2 Å². The van der Waals surface area contributed by atoms with E-state index in [0.717, 1.165) is 9.13 Å². The summed E-state index contributed by atoms with van der Waals surface area (Å²) in [6, 6.07) is 5.32. The van der Waals surface area contributed by atoms with Crippen molar-refractivity contribution in [3.63, 3.8) is 0 Å². The number of nitrogens with one attached hydrogen (secondary N) is 1. The van der Waals surface area contributed by atoms with Crippen molar-refractivity contribution in [2.75, 3.05) is 0 Å². The molecule has 0 radical (unpaired) electrons. The molecule has 0 aliphatic heterocycles. The summed E-state index contributed by atoms with van der Waals surface area (Å²) in [6.45, 7) is -0.209. The van der Waals surface area contributed by atoms with Gasteiger partial charge in [0.15, 0.2) is 11.2 Å². The molecular formula is C20H19ClF3N7O3. The van der Waals surface area contributed by atoms with Crippen LogP contribution in [0.3, 0.4) is 0 Å². The van der Waals surface area contributed by atoms with E-state index in [0.29, 0.717) is 36.7 Å². The second-order valence-corrected chi connectivity index (χ2v) is 7.88. The molecule has 1 N–H and O–H groups in total. The van der Waals surface area contributed by atoms with Gasteiger partial charge >= 0.3 is 11.9 Å². The zero-order valence-electron chi connectivity index (χ0n) is 17.7. The summed E-state index contributed by atoms with van der Waals surface area (Å²) in [5.74, 6) is 0.739. The number of hydrogen-bond donors (Lipinski definition) is 1. The summed E-state index contributed by atoms with van der Waals surface area (Å²) in [5.41, 5.74) is -0.902. The zero-order chi connectivity index (χ0) is 24.3. The number of hydrogen-bond acceptors (Lipinski definition) is 7. The molecule has 14 heteroatoms. The summed E-state index contributed by atoms with van der Waals surface area (Å²) >= 11 is 5.84. The number of imidazole rings is 1. The van der Waals surface area contributed by atoms with Gasteiger partial charge in [0.25, 0.3) is 5.56 Å². The van der Waals surface area contributed by atoms with E-state index >= 15 is 0 Å². The highest BCUT2D eigenvalue weighted by Gasteiger charge is 2.27. The van der Waals surface area contributed by atoms with E-state index in [-0.39, 0.29) is 36.0 Å². The Labute approximate surface area is 194 Å². The molecule has 0 saturated heterocycles. The van der Waals surface area contributed by atoms with Gasteiger partial charge in [-0.25, -0.2) is 4.79 Å². The standard InChI is InChI=1S/C20H19ClF3N7O3/c21-18-27-14-16(28-18)30(11-5-8-20(22,23)24)19(33)31(17(14)32)10-4-2-7-13-26-15(29-34-13)12-6-1-3-9-25-12/h1,3,6,9H,2,4-5,7-8,10-11H2,(H,27,28). The molecule has 4 heterocycles. The fourth-order valence-corrected chi connectivity index (χ4v) is 3.65. The van der Waals surface area contributed by atoms with E-state index in [1.165, 1.54) is 0 Å². The first kappa shape index (κ1) is 23.7. The zero-order valence-corrected chi connectivity index (χ0v) is 18.4. The van der Waals surface area contributed by atoms with Gasteiger partial charge in [-0.3, -0.25) is 18.9 Å². The molecule has 10 nitrogen and oxygen atoms in total. The van der Waals surface area contributed by atoms with Crippen LogP contribution in [0.5, 0.6) is 0 Å². The average Bonchev–Trinajstić information content (AvgIpc) is 3.42. The first-order valence-corrected chi connectivity index (χ1v) is 10.8. The van der Waals surface area contributed by atoms with Crippen LogP contribution in [0.15, 0.2) is 38.5 Å². The summed E-state index contributed by atoms with van der Waals surface area (Å²) in [4.78, 5) is 40.6. The Hall–Kier alpha value is -3.48. The monoisotopic (exact) mass is 497 g/mol. The van der Waals surface area contributed by atoms with Crippen molar-refractivity contribution in [2.24, 2.45) is 0 Å². The van der Waals surface area contributed by atoms with Gasteiger partial charge in [0, 0.05) is 32.1 Å². The van der Waals surface area contributed by atoms with Crippen molar-refractivity contribution in [3.05, 3.63) is 56.4 Å². The second kappa shape index (κ2) is 9.79. The number of nitrogens with zero attached hydrogens (tertiary/aromatic N) is 6. The number of unbranched alkanes of at least 4 members (excludes halogenated alkanes) is 1. The normalized spacial score (nSPS) is 12.0. The molecule has 0 saturated carbocycles. The maximum atomic E-state index is 12.9. The Bertz CT molecular complexity index is 1390. The molecule has 0 aliphatic carbocycles. The molecule has 4 aromatic rings. The highest BCUT2D eigenvalue weighted by atomic mass is 35.5. The fraction of sp³-hybridized carbons (Fsp3) is 0.400. The number of aromatic amines is 1. The summed E-state index contributed by atoms with van der Waals surface area (Å²) in [5, 5.41) is 3.75. The lowest BCUT2D eigenvalue weighted by Crippen LogP contribution is -2.40. The van der Waals surface area contributed by atoms with Crippen LogP contribution in [0, 0.1) is 0 Å². The number of H-pyrrole nitrogens is 1. The van der Waals surface area contributed by atoms with Crippen molar-refractivity contribution < 1.29 is 17.7 Å². The van der Waals surface area contributed by atoms with Crippen LogP contribution < -0.4 is 11.2 Å². The van der Waals surface area contributed by atoms with Crippen LogP contribution >= 0.6 is 11.6 Å². The van der Waals surface area contributed by atoms with Gasteiger partial charge in [0.2, 0.25) is 17.0 Å². The van der Waals surface area contributed by atoms with Crippen LogP contribution in [0.25, 0.3) is 22.7 Å². The largest absolute Gasteiger partial charge is 0.389 e. The summed E-state index contributed by atoms with van der Waals surface area (Å²) < 4.78 is 44.9. The number of halogens is 4. The quantitative estimate of drug-likeness (QED) is 0.278. The molecule has 0 spiro atoms. The molecule has 0 fully saturated rings. The van der Waals surface area contributed by atoms with E-state index in [1.807, 2.05) is 0 Å². The van der Waals surface area contributed by atoms with E-state index in [1.54, 1.807) is 24.4 Å². The van der Waals surface area contributed by atoms with E-state index in [2.05, 4.69) is 25.1 Å². The fourth-order valence-electron chi connectivity index (χ4n) is 3.48. The maximum Gasteiger partial charge on any atom is 0.389 e. The van der Waals surface area contributed by atoms with Crippen molar-refractivity contribution in [3.8, 4) is 11.5 Å². The average molecular weight is 498 g/mol. The van der Waals surface area contributed by atoms with Crippen molar-refractivity contribution >= 4 is 22.8 Å². The molecule has 0 aliphatic rings. The highest BCUT2D eigenvalue weighted by molar-refractivity contribution is 6.28. The van der Waals surface area contributed by atoms with Crippen molar-refractivity contribution in [2.45, 2.75) is 51.4 Å². The minimum Gasteiger partial charge on any atom is -0.339 e. The van der Waals surface area contributed by atoms with Gasteiger partial charge in [-0.1, -0.05) is 11.2 Å². The van der Waals surface area contributed by atoms with Gasteiger partial charge in [-0.15, -0.1) is 0 Å². The number of alkyl halides is 3. The van der Waals surface area contributed by atoms with Crippen LogP contribution in [0.2, 0.25) is 5.28 Å². The third-order valence-electron chi connectivity index (χ3n) is 5.06. The number of fused-ring (bicyclic) bond motifs is 1. The number of rotatable bonds is 9. The van der Waals surface area contributed by atoms with E-state index in [9.17, 15) is 22.8 Å². The first-order chi connectivity index (χ1) is 16.2. The lowest BCUT2D eigenvalue weighted by Gasteiger charge is -2.12. The molecule has 34 heavy (non-hydrogen) atoms. The number of pyridine rings is 1. The summed E-state index contributed by atoms with van der Waals surface area (Å²) in [6.07, 6.45) is -2.81. The van der Waals surface area contributed by atoms with Crippen molar-refractivity contribution in [1.82, 2.24) is 34.2 Å². The molecular weight excluding hydrogens is 479 g/mol. The van der Waals surface area contributed by atoms with Crippen LogP contribution in [0.1, 0.15) is 31.6 Å². The molecule has 4 rings (SSSR count). The Morgan fingerprint density at radius 2 is 1.85 bits per heavy atom. The minimum absolute atomic E-state index is 0.0338. The number of aryl methyl sites for hydroxylation is 2. The highest BCUT2D eigenvalue weighted by Crippen LogP contribution is 2.22.